The van der Waals surface area contributed by atoms with Crippen LogP contribution in [0.4, 0.5) is 0 Å². The predicted molar refractivity (Wildman–Crippen MR) is 385 cm³/mol. The highest BCUT2D eigenvalue weighted by atomic mass is 16.3. The van der Waals surface area contributed by atoms with Gasteiger partial charge < -0.3 is 8.98 Å². The highest BCUT2D eigenvalue weighted by Crippen LogP contribution is 2.50. The van der Waals surface area contributed by atoms with Crippen molar-refractivity contribution in [2.24, 2.45) is 0 Å². The summed E-state index contributed by atoms with van der Waals surface area (Å²) in [6.07, 6.45) is 0. The molecule has 16 aromatic carbocycles. The average Bonchev–Trinajstić information content (AvgIpc) is 1.45. The number of hydrogen-bond donors (Lipinski definition) is 0. The monoisotopic (exact) mass is 1170 g/mol. The van der Waals surface area contributed by atoms with Gasteiger partial charge in [-0.3, -0.25) is 0 Å². The van der Waals surface area contributed by atoms with Crippen molar-refractivity contribution < 1.29 is 4.42 Å². The van der Waals surface area contributed by atoms with Crippen LogP contribution in [0.25, 0.3) is 193 Å². The maximum absolute atomic E-state index is 7.06. The Morgan fingerprint density at radius 2 is 0.674 bits per heavy atom. The molecule has 0 fully saturated rings. The van der Waals surface area contributed by atoms with E-state index in [0.29, 0.717) is 17.5 Å². The summed E-state index contributed by atoms with van der Waals surface area (Å²) in [5, 5.41) is 19.1. The fraction of sp³-hybridized carbons (Fsp3) is 0. The van der Waals surface area contributed by atoms with Crippen LogP contribution in [0.2, 0.25) is 0 Å². The molecule has 0 saturated heterocycles. The number of aromatic nitrogens is 4. The average molecular weight is 1170 g/mol. The first-order valence-corrected chi connectivity index (χ1v) is 31.4. The lowest BCUT2D eigenvalue weighted by molar-refractivity contribution is 0.671. The van der Waals surface area contributed by atoms with Crippen LogP contribution >= 0.6 is 0 Å². The second-order valence-electron chi connectivity index (χ2n) is 24.1. The van der Waals surface area contributed by atoms with Crippen molar-refractivity contribution in [2.45, 2.75) is 0 Å². The summed E-state index contributed by atoms with van der Waals surface area (Å²) in [6, 6.07) is 114. The van der Waals surface area contributed by atoms with Gasteiger partial charge in [0.2, 0.25) is 0 Å². The van der Waals surface area contributed by atoms with Gasteiger partial charge in [-0.1, -0.05) is 267 Å². The van der Waals surface area contributed by atoms with E-state index in [-0.39, 0.29) is 0 Å². The Bertz CT molecular complexity index is 6190. The lowest BCUT2D eigenvalue weighted by Gasteiger charge is -2.20. The minimum atomic E-state index is 0.626. The zero-order valence-electron chi connectivity index (χ0n) is 49.7. The van der Waals surface area contributed by atoms with E-state index < -0.39 is 0 Å². The number of fused-ring (bicyclic) bond motifs is 19. The van der Waals surface area contributed by atoms with Crippen LogP contribution in [-0.2, 0) is 0 Å². The molecule has 0 unspecified atom stereocenters. The van der Waals surface area contributed by atoms with Gasteiger partial charge in [-0.05, 0) is 158 Å². The highest BCUT2D eigenvalue weighted by Gasteiger charge is 2.25. The van der Waals surface area contributed by atoms with Crippen LogP contribution < -0.4 is 0 Å². The molecule has 5 heteroatoms. The second-order valence-corrected chi connectivity index (χ2v) is 24.1. The molecule has 0 atom stereocenters. The Morgan fingerprint density at radius 1 is 0.228 bits per heavy atom. The maximum Gasteiger partial charge on any atom is 0.164 e. The van der Waals surface area contributed by atoms with Crippen molar-refractivity contribution in [2.75, 3.05) is 0 Å². The van der Waals surface area contributed by atoms with Gasteiger partial charge in [0.15, 0.2) is 23.1 Å². The van der Waals surface area contributed by atoms with Crippen LogP contribution in [0.1, 0.15) is 0 Å². The van der Waals surface area contributed by atoms with Gasteiger partial charge in [-0.15, -0.1) is 0 Å². The topological polar surface area (TPSA) is 56.7 Å². The molecule has 0 radical (unpaired) electrons. The fourth-order valence-corrected chi connectivity index (χ4v) is 14.9. The lowest BCUT2D eigenvalue weighted by atomic mass is 9.85. The quantitative estimate of drug-likeness (QED) is 0.142. The molecule has 3 heterocycles. The van der Waals surface area contributed by atoms with E-state index >= 15 is 0 Å². The third-order valence-electron chi connectivity index (χ3n) is 19.0. The van der Waals surface area contributed by atoms with E-state index in [9.17, 15) is 0 Å². The summed E-state index contributed by atoms with van der Waals surface area (Å²) in [6.45, 7) is 0. The number of nitrogens with zero attached hydrogens (tertiary/aromatic N) is 4. The third-order valence-corrected chi connectivity index (χ3v) is 19.0. The smallest absolute Gasteiger partial charge is 0.164 e. The summed E-state index contributed by atoms with van der Waals surface area (Å²) in [7, 11) is 0. The Kier molecular flexibility index (Phi) is 11.6. The van der Waals surface area contributed by atoms with Crippen molar-refractivity contribution in [1.29, 1.82) is 0 Å². The first kappa shape index (κ1) is 51.7. The van der Waals surface area contributed by atoms with Crippen LogP contribution in [-0.4, -0.2) is 19.5 Å². The normalized spacial score (nSPS) is 11.9. The summed E-state index contributed by atoms with van der Waals surface area (Å²) >= 11 is 0. The molecule has 19 aromatic rings. The molecule has 0 saturated carbocycles. The van der Waals surface area contributed by atoms with Gasteiger partial charge in [0.1, 0.15) is 5.58 Å². The Balaban J connectivity index is 0.789. The van der Waals surface area contributed by atoms with Crippen LogP contribution in [0.15, 0.2) is 320 Å². The molecule has 92 heavy (non-hydrogen) atoms. The molecule has 5 nitrogen and oxygen atoms in total. The molecule has 0 aliphatic carbocycles. The van der Waals surface area contributed by atoms with Gasteiger partial charge >= 0.3 is 0 Å². The molecular formula is C87H52N4O. The summed E-state index contributed by atoms with van der Waals surface area (Å²) < 4.78 is 9.54. The maximum atomic E-state index is 7.06. The number of para-hydroxylation sites is 2. The number of rotatable bonds is 8. The van der Waals surface area contributed by atoms with Crippen molar-refractivity contribution >= 4 is 108 Å². The van der Waals surface area contributed by atoms with Crippen molar-refractivity contribution in [3.8, 4) is 84.4 Å². The molecule has 19 rings (SSSR count). The van der Waals surface area contributed by atoms with E-state index in [0.717, 1.165) is 88.7 Å². The van der Waals surface area contributed by atoms with Crippen LogP contribution in [0, 0.1) is 0 Å². The molecule has 0 spiro atoms. The molecule has 3 aromatic heterocycles. The lowest BCUT2D eigenvalue weighted by Crippen LogP contribution is -2.00. The van der Waals surface area contributed by atoms with E-state index in [1.54, 1.807) is 0 Å². The Morgan fingerprint density at radius 3 is 1.35 bits per heavy atom. The SMILES string of the molecule is c1ccc(-c2nc(-c3ccccc3)nc(-c3cccc(-c4cccc(-c5ccc6c7ccccc7c7c(-c8cc9c(-c%10ccccc%10)cc(-n%10c%11ccccc%11c%11c%12ccccc%12c%12c%13ccccc%13oc%12c%11%10)cc9c9ccccc89)cccc7c6c5)c4)c3)n2)cc1. The number of furan rings is 1. The zero-order chi connectivity index (χ0) is 60.4. The van der Waals surface area contributed by atoms with Gasteiger partial charge in [-0.25, -0.2) is 15.0 Å². The standard InChI is InChI=1S/C87H52N4O/c1-4-23-53(24-5-1)73-50-61(91-78-43-18-16-39-71(78)81-67-37-14-15-38-68(67)82-72-40-17-19-44-79(72)92-84(82)83(81)91)51-75-63-34-10-11-35-64(63)76(52-77(73)75)70-42-22-41-69-74-49-59(45-46-65(74)62-33-12-13-36-66(62)80(69)70)57-30-20-29-56(47-57)58-31-21-32-60(48-58)87-89-85(54-25-6-2-7-26-54)88-86(90-87)55-27-8-3-9-28-55/h1-52H. The van der Waals surface area contributed by atoms with Gasteiger partial charge in [0.05, 0.1) is 11.0 Å². The van der Waals surface area contributed by atoms with E-state index in [2.05, 4.69) is 259 Å². The van der Waals surface area contributed by atoms with Gasteiger partial charge in [-0.2, -0.15) is 0 Å². The largest absolute Gasteiger partial charge is 0.454 e. The first-order valence-electron chi connectivity index (χ1n) is 31.4. The predicted octanol–water partition coefficient (Wildman–Crippen LogP) is 23.5. The second kappa shape index (κ2) is 20.6. The molecule has 0 aliphatic heterocycles. The van der Waals surface area contributed by atoms with Gasteiger partial charge in [0.25, 0.3) is 0 Å². The summed E-state index contributed by atoms with van der Waals surface area (Å²) in [5.74, 6) is 1.90. The molecule has 0 bridgehead atoms. The van der Waals surface area contributed by atoms with E-state index in [4.69, 9.17) is 19.4 Å². The summed E-state index contributed by atoms with van der Waals surface area (Å²) in [5.41, 5.74) is 17.0. The van der Waals surface area contributed by atoms with Crippen molar-refractivity contribution in [3.63, 3.8) is 0 Å². The van der Waals surface area contributed by atoms with Gasteiger partial charge in [0, 0.05) is 43.9 Å². The van der Waals surface area contributed by atoms with Crippen LogP contribution in [0.5, 0.6) is 0 Å². The molecule has 0 aliphatic rings. The summed E-state index contributed by atoms with van der Waals surface area (Å²) in [4.78, 5) is 15.1. The van der Waals surface area contributed by atoms with Crippen LogP contribution in [0.3, 0.4) is 0 Å². The van der Waals surface area contributed by atoms with E-state index in [1.807, 2.05) is 60.7 Å². The molecule has 426 valence electrons. The highest BCUT2D eigenvalue weighted by molar-refractivity contribution is 6.36. The number of hydrogen-bond acceptors (Lipinski definition) is 4. The Labute approximate surface area is 529 Å². The molecular weight excluding hydrogens is 1120 g/mol. The Hall–Kier alpha value is -12.3. The molecule has 0 amide bonds. The number of benzene rings is 16. The zero-order valence-corrected chi connectivity index (χ0v) is 49.7. The third kappa shape index (κ3) is 8.09. The first-order chi connectivity index (χ1) is 45.6. The fourth-order valence-electron chi connectivity index (χ4n) is 14.9. The minimum Gasteiger partial charge on any atom is -0.454 e. The minimum absolute atomic E-state index is 0.626. The van der Waals surface area contributed by atoms with E-state index in [1.165, 1.54) is 86.5 Å². The molecule has 0 N–H and O–H groups in total. The van der Waals surface area contributed by atoms with Crippen molar-refractivity contribution in [3.05, 3.63) is 315 Å². The van der Waals surface area contributed by atoms with Crippen molar-refractivity contribution in [1.82, 2.24) is 19.5 Å².